The molecule has 1 atom stereocenters. The molecule has 1 unspecified atom stereocenters. The molecule has 2 N–H and O–H groups in total. The van der Waals surface area contributed by atoms with Crippen LogP contribution >= 0.6 is 0 Å². The van der Waals surface area contributed by atoms with E-state index < -0.39 is 0 Å². The number of quaternary nitrogens is 1. The fourth-order valence-electron chi connectivity index (χ4n) is 3.67. The van der Waals surface area contributed by atoms with Crippen LogP contribution in [0.3, 0.4) is 0 Å². The van der Waals surface area contributed by atoms with Crippen molar-refractivity contribution in [3.63, 3.8) is 0 Å². The number of imidazole rings is 1. The number of nitrogens with zero attached hydrogens (tertiary/aromatic N) is 2. The summed E-state index contributed by atoms with van der Waals surface area (Å²) in [5, 5.41) is 1.85. The van der Waals surface area contributed by atoms with Gasteiger partial charge < -0.3 is 9.30 Å². The minimum absolute atomic E-state index is 0.119. The highest BCUT2D eigenvalue weighted by Gasteiger charge is 2.28. The summed E-state index contributed by atoms with van der Waals surface area (Å²) in [6.45, 7) is 1.95. The van der Waals surface area contributed by atoms with Crippen LogP contribution in [0.4, 0.5) is 0 Å². The van der Waals surface area contributed by atoms with Gasteiger partial charge in [-0.15, -0.1) is 0 Å². The molecule has 1 aromatic heterocycles. The number of primary amides is 1. The highest BCUT2D eigenvalue weighted by Crippen LogP contribution is 2.27. The van der Waals surface area contributed by atoms with E-state index in [2.05, 4.69) is 17.1 Å². The number of benzene rings is 2. The van der Waals surface area contributed by atoms with E-state index in [4.69, 9.17) is 4.74 Å². The zero-order chi connectivity index (χ0) is 19.5. The summed E-state index contributed by atoms with van der Waals surface area (Å²) in [6.07, 6.45) is 7.43. The number of piperidine rings is 1. The Hall–Kier alpha value is -3.18. The van der Waals surface area contributed by atoms with Crippen LogP contribution in [-0.4, -0.2) is 22.6 Å². The van der Waals surface area contributed by atoms with E-state index in [1.807, 2.05) is 65.5 Å². The van der Waals surface area contributed by atoms with Crippen LogP contribution < -0.4 is 10.1 Å². The molecular formula is C23H24N3O2+. The van der Waals surface area contributed by atoms with E-state index in [0.717, 1.165) is 41.1 Å². The highest BCUT2D eigenvalue weighted by molar-refractivity contribution is 5.92. The summed E-state index contributed by atoms with van der Waals surface area (Å²) < 4.78 is 7.51. The number of rotatable bonds is 4. The van der Waals surface area contributed by atoms with Crippen molar-refractivity contribution in [1.82, 2.24) is 9.55 Å². The summed E-state index contributed by atoms with van der Waals surface area (Å²) in [5.74, 6) is 0.870. The molecule has 1 aliphatic heterocycles. The number of nitrogens with two attached hydrogens (primary N) is 1. The van der Waals surface area contributed by atoms with Crippen molar-refractivity contribution < 1.29 is 14.8 Å². The molecule has 1 aliphatic rings. The van der Waals surface area contributed by atoms with Crippen molar-refractivity contribution in [2.24, 2.45) is 0 Å². The molecule has 0 radical (unpaired) electrons. The number of aromatic nitrogens is 2. The molecule has 4 rings (SSSR count). The third kappa shape index (κ3) is 3.75. The molecule has 2 aromatic carbocycles. The number of ether oxygens (including phenoxy) is 1. The summed E-state index contributed by atoms with van der Waals surface area (Å²) in [6, 6.07) is 16.4. The lowest BCUT2D eigenvalue weighted by Crippen LogP contribution is -2.90. The monoisotopic (exact) mass is 374 g/mol. The average Bonchev–Trinajstić information content (AvgIpc) is 3.16. The Bertz CT molecular complexity index is 1020. The van der Waals surface area contributed by atoms with Gasteiger partial charge in [0.2, 0.25) is 0 Å². The van der Waals surface area contributed by atoms with Crippen molar-refractivity contribution in [3.8, 4) is 11.4 Å². The lowest BCUT2D eigenvalue weighted by Gasteiger charge is -2.21. The molecule has 1 saturated heterocycles. The van der Waals surface area contributed by atoms with E-state index in [1.54, 1.807) is 13.4 Å². The van der Waals surface area contributed by atoms with E-state index >= 15 is 0 Å². The van der Waals surface area contributed by atoms with Crippen molar-refractivity contribution in [1.29, 1.82) is 0 Å². The number of carbonyl (C=O) groups excluding carboxylic acids is 1. The number of hydrogen-bond acceptors (Lipinski definition) is 3. The van der Waals surface area contributed by atoms with Gasteiger partial charge in [0, 0.05) is 18.2 Å². The average molecular weight is 374 g/mol. The molecule has 2 heterocycles. The third-order valence-corrected chi connectivity index (χ3v) is 5.16. The van der Waals surface area contributed by atoms with Gasteiger partial charge >= 0.3 is 5.91 Å². The van der Waals surface area contributed by atoms with Crippen molar-refractivity contribution in [2.75, 3.05) is 7.11 Å². The van der Waals surface area contributed by atoms with Gasteiger partial charge in [-0.3, -0.25) is 5.32 Å². The third-order valence-electron chi connectivity index (χ3n) is 5.16. The Morgan fingerprint density at radius 1 is 1.21 bits per heavy atom. The van der Waals surface area contributed by atoms with Gasteiger partial charge in [-0.1, -0.05) is 36.4 Å². The predicted molar refractivity (Wildman–Crippen MR) is 108 cm³/mol. The highest BCUT2D eigenvalue weighted by atomic mass is 16.5. The zero-order valence-corrected chi connectivity index (χ0v) is 16.1. The normalized spacial score (nSPS) is 18.4. The fourth-order valence-corrected chi connectivity index (χ4v) is 3.67. The second-order valence-electron chi connectivity index (χ2n) is 7.11. The van der Waals surface area contributed by atoms with Crippen LogP contribution in [0.5, 0.6) is 5.75 Å². The molecule has 0 saturated carbocycles. The second-order valence-corrected chi connectivity index (χ2v) is 7.11. The maximum absolute atomic E-state index is 12.7. The number of carbonyl (C=O) groups is 1. The number of hydrogen-bond donors (Lipinski definition) is 1. The van der Waals surface area contributed by atoms with Crippen LogP contribution in [0.2, 0.25) is 0 Å². The van der Waals surface area contributed by atoms with Gasteiger partial charge in [0.1, 0.15) is 11.8 Å². The van der Waals surface area contributed by atoms with Gasteiger partial charge in [0.15, 0.2) is 0 Å². The van der Waals surface area contributed by atoms with Crippen LogP contribution in [0.25, 0.3) is 11.8 Å². The molecule has 3 aromatic rings. The topological polar surface area (TPSA) is 60.7 Å². The smallest absolute Gasteiger partial charge is 0.339 e. The molecule has 142 valence electrons. The molecule has 1 fully saturated rings. The minimum Gasteiger partial charge on any atom is -0.495 e. The van der Waals surface area contributed by atoms with Gasteiger partial charge in [0.25, 0.3) is 0 Å². The van der Waals surface area contributed by atoms with Crippen LogP contribution in [-0.2, 0) is 4.79 Å². The maximum Gasteiger partial charge on any atom is 0.339 e. The van der Waals surface area contributed by atoms with Crippen molar-refractivity contribution in [3.05, 3.63) is 83.4 Å². The molecule has 28 heavy (non-hydrogen) atoms. The Balaban J connectivity index is 1.55. The molecule has 1 amide bonds. The number of aryl methyl sites for hydroxylation is 1. The maximum atomic E-state index is 12.7. The first-order valence-corrected chi connectivity index (χ1v) is 9.48. The largest absolute Gasteiger partial charge is 0.495 e. The van der Waals surface area contributed by atoms with Gasteiger partial charge in [-0.05, 0) is 37.1 Å². The lowest BCUT2D eigenvalue weighted by atomic mass is 9.93. The Labute approximate surface area is 164 Å². The fraction of sp³-hybridized carbons (Fsp3) is 0.217. The first kappa shape index (κ1) is 18.2. The van der Waals surface area contributed by atoms with Gasteiger partial charge in [-0.2, -0.15) is 0 Å². The molecule has 5 heteroatoms. The summed E-state index contributed by atoms with van der Waals surface area (Å²) >= 11 is 0. The van der Waals surface area contributed by atoms with Gasteiger partial charge in [-0.25, -0.2) is 9.78 Å². The van der Waals surface area contributed by atoms with E-state index in [-0.39, 0.29) is 11.9 Å². The molecular weight excluding hydrogens is 350 g/mol. The van der Waals surface area contributed by atoms with E-state index in [1.165, 1.54) is 5.56 Å². The molecule has 0 aliphatic carbocycles. The van der Waals surface area contributed by atoms with Gasteiger partial charge in [0.05, 0.1) is 30.4 Å². The number of amides is 1. The molecule has 0 spiro atoms. The Morgan fingerprint density at radius 3 is 2.71 bits per heavy atom. The number of methoxy groups -OCH3 is 1. The Kier molecular flexibility index (Phi) is 5.08. The summed E-state index contributed by atoms with van der Waals surface area (Å²) in [5.41, 5.74) is 4.89. The summed E-state index contributed by atoms with van der Waals surface area (Å²) in [4.78, 5) is 16.9. The first-order valence-electron chi connectivity index (χ1n) is 9.48. The van der Waals surface area contributed by atoms with Crippen LogP contribution in [0, 0.1) is 6.92 Å². The van der Waals surface area contributed by atoms with E-state index in [9.17, 15) is 4.79 Å². The van der Waals surface area contributed by atoms with Crippen molar-refractivity contribution >= 4 is 12.0 Å². The second kappa shape index (κ2) is 7.82. The van der Waals surface area contributed by atoms with Crippen LogP contribution in [0.15, 0.2) is 66.6 Å². The zero-order valence-electron chi connectivity index (χ0n) is 16.1. The van der Waals surface area contributed by atoms with Crippen LogP contribution in [0.1, 0.15) is 35.7 Å². The Morgan fingerprint density at radius 2 is 2.04 bits per heavy atom. The van der Waals surface area contributed by atoms with E-state index in [0.29, 0.717) is 0 Å². The standard InChI is InChI=1S/C23H23N3O2/c1-16-14-26(15-24-16)21-11-8-17(13-22(21)28-2)12-19-9-10-20(25-23(19)27)18-6-4-3-5-7-18/h3-8,11-15,20H,9-10H2,1-2H3,(H,25,27)/p+1. The summed E-state index contributed by atoms with van der Waals surface area (Å²) in [7, 11) is 1.66. The predicted octanol–water partition coefficient (Wildman–Crippen LogP) is 3.20. The first-order chi connectivity index (χ1) is 13.6. The lowest BCUT2D eigenvalue weighted by molar-refractivity contribution is -0.614. The molecule has 5 nitrogen and oxygen atoms in total. The molecule has 0 bridgehead atoms. The minimum atomic E-state index is 0.119. The van der Waals surface area contributed by atoms with Crippen molar-refractivity contribution in [2.45, 2.75) is 25.8 Å². The SMILES string of the molecule is COc1cc(C=C2CCC(c3ccccc3)[NH2+]C2=O)ccc1-n1cnc(C)c1. The quantitative estimate of drug-likeness (QED) is 0.714.